The van der Waals surface area contributed by atoms with Gasteiger partial charge in [-0.2, -0.15) is 0 Å². The highest BCUT2D eigenvalue weighted by Gasteiger charge is 2.02. The number of hydrogen-bond donors (Lipinski definition) is 2. The molecule has 2 rings (SSSR count). The second-order valence-corrected chi connectivity index (χ2v) is 5.54. The van der Waals surface area contributed by atoms with Crippen molar-refractivity contribution in [3.05, 3.63) is 53.7 Å². The summed E-state index contributed by atoms with van der Waals surface area (Å²) >= 11 is 0. The van der Waals surface area contributed by atoms with Gasteiger partial charge >= 0.3 is 0 Å². The van der Waals surface area contributed by atoms with Crippen molar-refractivity contribution in [2.24, 2.45) is 4.99 Å². The Morgan fingerprint density at radius 1 is 1.08 bits per heavy atom. The van der Waals surface area contributed by atoms with Gasteiger partial charge in [-0.1, -0.05) is 12.1 Å². The molecule has 1 aromatic carbocycles. The van der Waals surface area contributed by atoms with Gasteiger partial charge in [-0.15, -0.1) is 24.0 Å². The monoisotopic (exact) mass is 455 g/mol. The molecule has 0 fully saturated rings. The fourth-order valence-electron chi connectivity index (χ4n) is 2.15. The van der Waals surface area contributed by atoms with Crippen molar-refractivity contribution in [1.29, 1.82) is 0 Å². The third-order valence-corrected chi connectivity index (χ3v) is 3.57. The number of rotatable bonds is 6. The molecule has 1 aromatic heterocycles. The van der Waals surface area contributed by atoms with Crippen LogP contribution < -0.4 is 20.3 Å². The van der Waals surface area contributed by atoms with Crippen LogP contribution in [0, 0.1) is 0 Å². The van der Waals surface area contributed by atoms with Crippen LogP contribution in [0.5, 0.6) is 5.75 Å². The Morgan fingerprint density at radius 3 is 2.28 bits per heavy atom. The lowest BCUT2D eigenvalue weighted by Crippen LogP contribution is -2.36. The Balaban J connectivity index is 0.00000312. The van der Waals surface area contributed by atoms with Crippen molar-refractivity contribution in [3.63, 3.8) is 0 Å². The van der Waals surface area contributed by atoms with E-state index in [0.717, 1.165) is 28.7 Å². The van der Waals surface area contributed by atoms with Gasteiger partial charge < -0.3 is 20.3 Å². The molecule has 1 heterocycles. The Labute approximate surface area is 166 Å². The number of hydrogen-bond acceptors (Lipinski definition) is 4. The normalized spacial score (nSPS) is 10.6. The molecule has 0 aliphatic rings. The molecule has 2 aromatic rings. The van der Waals surface area contributed by atoms with Crippen LogP contribution in [0.1, 0.15) is 11.1 Å². The van der Waals surface area contributed by atoms with E-state index in [0.29, 0.717) is 13.1 Å². The summed E-state index contributed by atoms with van der Waals surface area (Å²) in [6, 6.07) is 12.0. The van der Waals surface area contributed by atoms with Gasteiger partial charge in [0, 0.05) is 40.4 Å². The van der Waals surface area contributed by atoms with Gasteiger partial charge in [0.25, 0.3) is 0 Å². The Kier molecular flexibility index (Phi) is 9.04. The number of nitrogens with one attached hydrogen (secondary N) is 2. The maximum absolute atomic E-state index is 5.16. The standard InChI is InChI=1S/C18H25N5O.HI/c1-19-18(21-12-14-5-7-16(24-4)8-6-14)22-13-15-9-10-20-17(11-15)23(2)3;/h5-11H,12-13H2,1-4H3,(H2,19,21,22);1H. The van der Waals surface area contributed by atoms with Gasteiger partial charge in [0.2, 0.25) is 0 Å². The molecule has 0 aliphatic heterocycles. The number of ether oxygens (including phenoxy) is 1. The summed E-state index contributed by atoms with van der Waals surface area (Å²) in [6.45, 7) is 1.38. The molecule has 0 radical (unpaired) electrons. The minimum atomic E-state index is 0. The third kappa shape index (κ3) is 6.77. The van der Waals surface area contributed by atoms with Gasteiger partial charge in [0.1, 0.15) is 11.6 Å². The zero-order chi connectivity index (χ0) is 17.4. The van der Waals surface area contributed by atoms with Gasteiger partial charge in [-0.3, -0.25) is 4.99 Å². The summed E-state index contributed by atoms with van der Waals surface area (Å²) in [6.07, 6.45) is 1.82. The maximum atomic E-state index is 5.16. The highest BCUT2D eigenvalue weighted by atomic mass is 127. The van der Waals surface area contributed by atoms with E-state index < -0.39 is 0 Å². The van der Waals surface area contributed by atoms with Crippen LogP contribution in [0.4, 0.5) is 5.82 Å². The van der Waals surface area contributed by atoms with E-state index in [1.807, 2.05) is 55.5 Å². The van der Waals surface area contributed by atoms with Crippen LogP contribution in [0.3, 0.4) is 0 Å². The molecule has 0 saturated heterocycles. The number of pyridine rings is 1. The van der Waals surface area contributed by atoms with E-state index in [1.165, 1.54) is 0 Å². The molecule has 25 heavy (non-hydrogen) atoms. The van der Waals surface area contributed by atoms with Crippen LogP contribution in [-0.2, 0) is 13.1 Å². The average molecular weight is 455 g/mol. The fraction of sp³-hybridized carbons (Fsp3) is 0.333. The van der Waals surface area contributed by atoms with Crippen molar-refractivity contribution in [1.82, 2.24) is 15.6 Å². The van der Waals surface area contributed by atoms with Crippen molar-refractivity contribution in [3.8, 4) is 5.75 Å². The molecule has 0 atom stereocenters. The summed E-state index contributed by atoms with van der Waals surface area (Å²) in [5, 5.41) is 6.62. The van der Waals surface area contributed by atoms with Gasteiger partial charge in [-0.25, -0.2) is 4.98 Å². The Morgan fingerprint density at radius 2 is 1.72 bits per heavy atom. The molecule has 7 heteroatoms. The molecule has 0 bridgehead atoms. The number of halogens is 1. The minimum absolute atomic E-state index is 0. The molecule has 0 saturated carbocycles. The second kappa shape index (κ2) is 10.8. The van der Waals surface area contributed by atoms with E-state index >= 15 is 0 Å². The predicted molar refractivity (Wildman–Crippen MR) is 114 cm³/mol. The SMILES string of the molecule is CN=C(NCc1ccc(OC)cc1)NCc1ccnc(N(C)C)c1.I. The summed E-state index contributed by atoms with van der Waals surface area (Å²) < 4.78 is 5.16. The van der Waals surface area contributed by atoms with Crippen LogP contribution in [0.25, 0.3) is 0 Å². The molecule has 0 amide bonds. The number of nitrogens with zero attached hydrogens (tertiary/aromatic N) is 3. The van der Waals surface area contributed by atoms with Crippen LogP contribution in [-0.4, -0.2) is 39.2 Å². The lowest BCUT2D eigenvalue weighted by molar-refractivity contribution is 0.414. The number of aromatic nitrogens is 1. The molecule has 0 aliphatic carbocycles. The van der Waals surface area contributed by atoms with Crippen LogP contribution in [0.15, 0.2) is 47.6 Å². The molecule has 0 unspecified atom stereocenters. The summed E-state index contributed by atoms with van der Waals surface area (Å²) in [7, 11) is 7.39. The predicted octanol–water partition coefficient (Wildman–Crippen LogP) is 2.64. The topological polar surface area (TPSA) is 61.8 Å². The summed E-state index contributed by atoms with van der Waals surface area (Å²) in [4.78, 5) is 10.6. The molecule has 0 spiro atoms. The zero-order valence-corrected chi connectivity index (χ0v) is 17.4. The quantitative estimate of drug-likeness (QED) is 0.399. The molecule has 136 valence electrons. The van der Waals surface area contributed by atoms with Crippen molar-refractivity contribution in [2.75, 3.05) is 33.2 Å². The molecule has 2 N–H and O–H groups in total. The van der Waals surface area contributed by atoms with E-state index in [9.17, 15) is 0 Å². The van der Waals surface area contributed by atoms with Crippen LogP contribution in [0.2, 0.25) is 0 Å². The highest BCUT2D eigenvalue weighted by Crippen LogP contribution is 2.11. The number of anilines is 1. The smallest absolute Gasteiger partial charge is 0.191 e. The minimum Gasteiger partial charge on any atom is -0.497 e. The molecular weight excluding hydrogens is 429 g/mol. The Bertz CT molecular complexity index is 673. The first-order valence-corrected chi connectivity index (χ1v) is 7.82. The Hall–Kier alpha value is -2.03. The molecule has 6 nitrogen and oxygen atoms in total. The highest BCUT2D eigenvalue weighted by molar-refractivity contribution is 14.0. The number of guanidine groups is 1. The maximum Gasteiger partial charge on any atom is 0.191 e. The number of methoxy groups -OCH3 is 1. The number of benzene rings is 1. The van der Waals surface area contributed by atoms with Gasteiger partial charge in [-0.05, 0) is 35.4 Å². The van der Waals surface area contributed by atoms with E-state index in [4.69, 9.17) is 4.74 Å². The van der Waals surface area contributed by atoms with E-state index in [1.54, 1.807) is 14.2 Å². The largest absolute Gasteiger partial charge is 0.497 e. The zero-order valence-electron chi connectivity index (χ0n) is 15.1. The second-order valence-electron chi connectivity index (χ2n) is 5.54. The van der Waals surface area contributed by atoms with E-state index in [-0.39, 0.29) is 24.0 Å². The fourth-order valence-corrected chi connectivity index (χ4v) is 2.15. The van der Waals surface area contributed by atoms with E-state index in [2.05, 4.69) is 26.7 Å². The first kappa shape index (κ1) is 21.0. The average Bonchev–Trinajstić information content (AvgIpc) is 2.62. The van der Waals surface area contributed by atoms with Crippen molar-refractivity contribution in [2.45, 2.75) is 13.1 Å². The first-order valence-electron chi connectivity index (χ1n) is 7.82. The van der Waals surface area contributed by atoms with Crippen molar-refractivity contribution >= 4 is 35.8 Å². The number of aliphatic imine (C=N–C) groups is 1. The van der Waals surface area contributed by atoms with Crippen LogP contribution >= 0.6 is 24.0 Å². The molecular formula is C18H26IN5O. The third-order valence-electron chi connectivity index (χ3n) is 3.57. The lowest BCUT2D eigenvalue weighted by Gasteiger charge is -2.14. The summed E-state index contributed by atoms with van der Waals surface area (Å²) in [5.41, 5.74) is 2.32. The lowest BCUT2D eigenvalue weighted by atomic mass is 10.2. The summed E-state index contributed by atoms with van der Waals surface area (Å²) in [5.74, 6) is 2.56. The van der Waals surface area contributed by atoms with Crippen molar-refractivity contribution < 1.29 is 4.74 Å². The van der Waals surface area contributed by atoms with Gasteiger partial charge in [0.15, 0.2) is 5.96 Å². The first-order chi connectivity index (χ1) is 11.6. The van der Waals surface area contributed by atoms with Gasteiger partial charge in [0.05, 0.1) is 7.11 Å².